The van der Waals surface area contributed by atoms with Crippen LogP contribution in [0.2, 0.25) is 0 Å². The number of benzene rings is 2. The molecule has 0 atom stereocenters. The molecule has 7 nitrogen and oxygen atoms in total. The lowest BCUT2D eigenvalue weighted by Crippen LogP contribution is -2.05. The number of methoxy groups -OCH3 is 2. The molecule has 0 bridgehead atoms. The van der Waals surface area contributed by atoms with Crippen molar-refractivity contribution >= 4 is 23.4 Å². The molecule has 0 heterocycles. The zero-order valence-electron chi connectivity index (χ0n) is 18.6. The largest absolute Gasteiger partial charge is 0.501 e. The SMILES string of the molecule is CCO/C=C/C(=O)Cc1cc(C)cc(C(=O)OC)c1.COC(=O)c1cc(C)cc(N)c1. The van der Waals surface area contributed by atoms with Gasteiger partial charge in [-0.1, -0.05) is 6.07 Å². The molecule has 0 amide bonds. The molecule has 0 spiro atoms. The van der Waals surface area contributed by atoms with Gasteiger partial charge in [0.25, 0.3) is 0 Å². The molecule has 0 saturated carbocycles. The van der Waals surface area contributed by atoms with E-state index in [4.69, 9.17) is 10.5 Å². The van der Waals surface area contributed by atoms with Crippen LogP contribution in [0, 0.1) is 13.8 Å². The molecule has 0 saturated heterocycles. The van der Waals surface area contributed by atoms with Crippen LogP contribution in [-0.4, -0.2) is 38.5 Å². The lowest BCUT2D eigenvalue weighted by atomic mass is 10.0. The summed E-state index contributed by atoms with van der Waals surface area (Å²) in [5, 5.41) is 0. The van der Waals surface area contributed by atoms with Crippen molar-refractivity contribution in [3.8, 4) is 0 Å². The summed E-state index contributed by atoms with van der Waals surface area (Å²) in [6, 6.07) is 10.4. The average Bonchev–Trinajstić information content (AvgIpc) is 2.72. The van der Waals surface area contributed by atoms with Crippen LogP contribution in [0.1, 0.15) is 44.3 Å². The van der Waals surface area contributed by atoms with Crippen LogP contribution in [0.4, 0.5) is 5.69 Å². The van der Waals surface area contributed by atoms with E-state index in [0.717, 1.165) is 16.7 Å². The van der Waals surface area contributed by atoms with Gasteiger partial charge in [0.15, 0.2) is 5.78 Å². The van der Waals surface area contributed by atoms with E-state index in [1.54, 1.807) is 30.3 Å². The number of ketones is 1. The normalized spacial score (nSPS) is 10.1. The summed E-state index contributed by atoms with van der Waals surface area (Å²) in [4.78, 5) is 34.2. The van der Waals surface area contributed by atoms with E-state index in [2.05, 4.69) is 9.47 Å². The summed E-state index contributed by atoms with van der Waals surface area (Å²) in [5.41, 5.74) is 9.73. The standard InChI is InChI=1S/C15H18O4.C9H11NO2/c1-4-19-6-5-14(16)10-12-7-11(2)8-13(9-12)15(17)18-3;1-6-3-7(9(11)12-2)5-8(10)4-6/h5-9H,4,10H2,1-3H3;3-5H,10H2,1-2H3/b6-5+;. The Hall–Kier alpha value is -3.61. The van der Waals surface area contributed by atoms with Crippen molar-refractivity contribution in [1.82, 2.24) is 0 Å². The predicted octanol–water partition coefficient (Wildman–Crippen LogP) is 3.81. The number of nitrogen functional groups attached to an aromatic ring is 1. The van der Waals surface area contributed by atoms with Gasteiger partial charge in [-0.3, -0.25) is 4.79 Å². The minimum absolute atomic E-state index is 0.0742. The van der Waals surface area contributed by atoms with Crippen LogP contribution in [0.5, 0.6) is 0 Å². The average molecular weight is 427 g/mol. The molecule has 166 valence electrons. The molecule has 7 heteroatoms. The van der Waals surface area contributed by atoms with Gasteiger partial charge in [-0.2, -0.15) is 0 Å². The van der Waals surface area contributed by atoms with E-state index in [1.165, 1.54) is 26.6 Å². The van der Waals surface area contributed by atoms with Gasteiger partial charge < -0.3 is 19.9 Å². The van der Waals surface area contributed by atoms with Crippen molar-refractivity contribution in [3.05, 3.63) is 76.6 Å². The Morgan fingerprint density at radius 3 is 1.94 bits per heavy atom. The molecule has 2 aromatic carbocycles. The number of allylic oxidation sites excluding steroid dienone is 1. The zero-order valence-corrected chi connectivity index (χ0v) is 18.6. The predicted molar refractivity (Wildman–Crippen MR) is 119 cm³/mol. The first kappa shape index (κ1) is 25.4. The lowest BCUT2D eigenvalue weighted by Gasteiger charge is -2.05. The molecule has 31 heavy (non-hydrogen) atoms. The summed E-state index contributed by atoms with van der Waals surface area (Å²) < 4.78 is 14.2. The minimum Gasteiger partial charge on any atom is -0.501 e. The van der Waals surface area contributed by atoms with Crippen LogP contribution in [0.3, 0.4) is 0 Å². The van der Waals surface area contributed by atoms with Crippen LogP contribution < -0.4 is 5.73 Å². The first-order valence-electron chi connectivity index (χ1n) is 9.65. The molecular weight excluding hydrogens is 398 g/mol. The third-order valence-corrected chi connectivity index (χ3v) is 3.97. The van der Waals surface area contributed by atoms with Crippen molar-refractivity contribution in [2.75, 3.05) is 26.6 Å². The lowest BCUT2D eigenvalue weighted by molar-refractivity contribution is -0.114. The molecule has 0 unspecified atom stereocenters. The number of anilines is 1. The van der Waals surface area contributed by atoms with Gasteiger partial charge in [-0.05, 0) is 67.8 Å². The van der Waals surface area contributed by atoms with E-state index >= 15 is 0 Å². The minimum atomic E-state index is -0.401. The van der Waals surface area contributed by atoms with Crippen molar-refractivity contribution in [1.29, 1.82) is 0 Å². The molecule has 0 aliphatic heterocycles. The van der Waals surface area contributed by atoms with Gasteiger partial charge in [-0.25, -0.2) is 9.59 Å². The Balaban J connectivity index is 0.000000343. The highest BCUT2D eigenvalue weighted by Gasteiger charge is 2.09. The highest BCUT2D eigenvalue weighted by molar-refractivity contribution is 5.93. The van der Waals surface area contributed by atoms with Crippen LogP contribution in [0.15, 0.2) is 48.7 Å². The summed E-state index contributed by atoms with van der Waals surface area (Å²) >= 11 is 0. The first-order chi connectivity index (χ1) is 14.7. The van der Waals surface area contributed by atoms with Gasteiger partial charge in [0, 0.05) is 18.2 Å². The van der Waals surface area contributed by atoms with Gasteiger partial charge in [0.05, 0.1) is 38.2 Å². The van der Waals surface area contributed by atoms with Gasteiger partial charge >= 0.3 is 11.9 Å². The quantitative estimate of drug-likeness (QED) is 0.310. The molecular formula is C24H29NO6. The Bertz CT molecular complexity index is 929. The second-order valence-electron chi connectivity index (χ2n) is 6.72. The van der Waals surface area contributed by atoms with E-state index in [9.17, 15) is 14.4 Å². The third-order valence-electron chi connectivity index (χ3n) is 3.97. The summed E-state index contributed by atoms with van der Waals surface area (Å²) in [6.07, 6.45) is 3.01. The molecule has 0 aromatic heterocycles. The van der Waals surface area contributed by atoms with Gasteiger partial charge in [0.2, 0.25) is 0 Å². The summed E-state index contributed by atoms with van der Waals surface area (Å²) in [6.45, 7) is 6.12. The van der Waals surface area contributed by atoms with Crippen LogP contribution >= 0.6 is 0 Å². The number of esters is 2. The maximum atomic E-state index is 11.7. The maximum Gasteiger partial charge on any atom is 0.337 e. The molecule has 0 aliphatic rings. The fourth-order valence-electron chi connectivity index (χ4n) is 2.73. The fraction of sp³-hybridized carbons (Fsp3) is 0.292. The van der Waals surface area contributed by atoms with Crippen molar-refractivity contribution in [2.45, 2.75) is 27.2 Å². The van der Waals surface area contributed by atoms with Crippen LogP contribution in [-0.2, 0) is 25.4 Å². The maximum absolute atomic E-state index is 11.7. The molecule has 2 N–H and O–H groups in total. The third kappa shape index (κ3) is 9.16. The number of hydrogen-bond acceptors (Lipinski definition) is 7. The topological polar surface area (TPSA) is 105 Å². The van der Waals surface area contributed by atoms with Crippen molar-refractivity contribution in [2.24, 2.45) is 0 Å². The smallest absolute Gasteiger partial charge is 0.337 e. The van der Waals surface area contributed by atoms with Crippen LogP contribution in [0.25, 0.3) is 0 Å². The Morgan fingerprint density at radius 2 is 1.42 bits per heavy atom. The van der Waals surface area contributed by atoms with E-state index < -0.39 is 5.97 Å². The van der Waals surface area contributed by atoms with E-state index in [-0.39, 0.29) is 18.2 Å². The van der Waals surface area contributed by atoms with E-state index in [0.29, 0.717) is 23.4 Å². The zero-order chi connectivity index (χ0) is 23.4. The second kappa shape index (κ2) is 12.8. The summed E-state index contributed by atoms with van der Waals surface area (Å²) in [5.74, 6) is -0.831. The van der Waals surface area contributed by atoms with Crippen molar-refractivity contribution in [3.63, 3.8) is 0 Å². The highest BCUT2D eigenvalue weighted by Crippen LogP contribution is 2.13. The summed E-state index contributed by atoms with van der Waals surface area (Å²) in [7, 11) is 2.68. The van der Waals surface area contributed by atoms with E-state index in [1.807, 2.05) is 26.8 Å². The fourth-order valence-corrected chi connectivity index (χ4v) is 2.73. The number of hydrogen-bond donors (Lipinski definition) is 1. The molecule has 2 rings (SSSR count). The molecule has 0 fully saturated rings. The number of nitrogens with two attached hydrogens (primary N) is 1. The molecule has 0 aliphatic carbocycles. The number of carbonyl (C=O) groups excluding carboxylic acids is 3. The Labute approximate surface area is 182 Å². The monoisotopic (exact) mass is 427 g/mol. The number of rotatable bonds is 7. The Kier molecular flexibility index (Phi) is 10.5. The van der Waals surface area contributed by atoms with Gasteiger partial charge in [0.1, 0.15) is 0 Å². The number of aryl methyl sites for hydroxylation is 2. The molecule has 2 aromatic rings. The van der Waals surface area contributed by atoms with Crippen molar-refractivity contribution < 1.29 is 28.6 Å². The van der Waals surface area contributed by atoms with Gasteiger partial charge in [-0.15, -0.1) is 0 Å². The molecule has 0 radical (unpaired) electrons. The number of ether oxygens (including phenoxy) is 3. The number of carbonyl (C=O) groups is 3. The first-order valence-corrected chi connectivity index (χ1v) is 9.65. The second-order valence-corrected chi connectivity index (χ2v) is 6.72. The Morgan fingerprint density at radius 1 is 0.871 bits per heavy atom. The highest BCUT2D eigenvalue weighted by atomic mass is 16.5.